The van der Waals surface area contributed by atoms with Crippen molar-refractivity contribution in [3.05, 3.63) is 41.5 Å². The Kier molecular flexibility index (Phi) is 5.03. The van der Waals surface area contributed by atoms with Crippen LogP contribution in [0.5, 0.6) is 0 Å². The number of halogens is 1. The van der Waals surface area contributed by atoms with Gasteiger partial charge in [-0.25, -0.2) is 9.07 Å². The first-order chi connectivity index (χ1) is 12.3. The fourth-order valence-corrected chi connectivity index (χ4v) is 3.86. The second-order valence-electron chi connectivity index (χ2n) is 6.90. The van der Waals surface area contributed by atoms with Gasteiger partial charge in [0.1, 0.15) is 5.82 Å². The lowest BCUT2D eigenvalue weighted by atomic mass is 10.0. The highest BCUT2D eigenvalue weighted by Crippen LogP contribution is 2.30. The third-order valence-corrected chi connectivity index (χ3v) is 5.15. The van der Waals surface area contributed by atoms with E-state index in [1.54, 1.807) is 0 Å². The number of tetrazole rings is 1. The molecular formula is C18H24FN5O. The normalized spacial score (nSPS) is 23.0. The number of nitrogens with zero attached hydrogens (tertiary/aromatic N) is 5. The molecule has 134 valence electrons. The second kappa shape index (κ2) is 7.58. The molecule has 0 radical (unpaired) electrons. The number of piperidine rings is 1. The van der Waals surface area contributed by atoms with Crippen molar-refractivity contribution in [1.82, 2.24) is 25.1 Å². The number of hydrogen-bond acceptors (Lipinski definition) is 5. The molecule has 1 aromatic heterocycles. The van der Waals surface area contributed by atoms with E-state index >= 15 is 0 Å². The van der Waals surface area contributed by atoms with Crippen LogP contribution in [0.3, 0.4) is 0 Å². The number of rotatable bonds is 5. The first kappa shape index (κ1) is 16.6. The van der Waals surface area contributed by atoms with E-state index in [-0.39, 0.29) is 18.0 Å². The van der Waals surface area contributed by atoms with Gasteiger partial charge in [-0.05, 0) is 66.9 Å². The Morgan fingerprint density at radius 2 is 1.92 bits per heavy atom. The molecular weight excluding hydrogens is 321 g/mol. The molecule has 2 atom stereocenters. The van der Waals surface area contributed by atoms with Gasteiger partial charge in [-0.3, -0.25) is 4.90 Å². The van der Waals surface area contributed by atoms with E-state index in [0.717, 1.165) is 43.9 Å². The molecule has 0 N–H and O–H groups in total. The number of aromatic nitrogens is 4. The maximum atomic E-state index is 13.4. The topological polar surface area (TPSA) is 56.1 Å². The van der Waals surface area contributed by atoms with Gasteiger partial charge < -0.3 is 4.74 Å². The monoisotopic (exact) mass is 345 g/mol. The summed E-state index contributed by atoms with van der Waals surface area (Å²) in [5.74, 6) is 0.601. The van der Waals surface area contributed by atoms with Gasteiger partial charge in [0.2, 0.25) is 0 Å². The number of hydrogen-bond donors (Lipinski definition) is 0. The van der Waals surface area contributed by atoms with E-state index in [2.05, 4.69) is 20.4 Å². The average molecular weight is 345 g/mol. The molecule has 0 aliphatic carbocycles. The SMILES string of the molecule is Fc1ccc(C(c2nnnn2CC2CCCO2)N2CCCCC2)cc1. The summed E-state index contributed by atoms with van der Waals surface area (Å²) in [5.41, 5.74) is 1.03. The zero-order valence-electron chi connectivity index (χ0n) is 14.4. The minimum atomic E-state index is -0.222. The van der Waals surface area contributed by atoms with Crippen molar-refractivity contribution in [2.24, 2.45) is 0 Å². The predicted octanol–water partition coefficient (Wildman–Crippen LogP) is 2.57. The number of ether oxygens (including phenoxy) is 1. The van der Waals surface area contributed by atoms with Crippen LogP contribution in [-0.2, 0) is 11.3 Å². The van der Waals surface area contributed by atoms with Crippen LogP contribution >= 0.6 is 0 Å². The van der Waals surface area contributed by atoms with Crippen LogP contribution in [0.2, 0.25) is 0 Å². The zero-order chi connectivity index (χ0) is 17.1. The summed E-state index contributed by atoms with van der Waals surface area (Å²) in [6, 6.07) is 6.68. The van der Waals surface area contributed by atoms with E-state index in [9.17, 15) is 4.39 Å². The van der Waals surface area contributed by atoms with Gasteiger partial charge in [0.05, 0.1) is 18.7 Å². The van der Waals surface area contributed by atoms with Crippen LogP contribution in [0, 0.1) is 5.82 Å². The summed E-state index contributed by atoms with van der Waals surface area (Å²) >= 11 is 0. The summed E-state index contributed by atoms with van der Waals surface area (Å²) < 4.78 is 21.0. The summed E-state index contributed by atoms with van der Waals surface area (Å²) in [5, 5.41) is 12.5. The predicted molar refractivity (Wildman–Crippen MR) is 90.5 cm³/mol. The lowest BCUT2D eigenvalue weighted by Gasteiger charge is -2.34. The van der Waals surface area contributed by atoms with Crippen LogP contribution < -0.4 is 0 Å². The Balaban J connectivity index is 1.65. The van der Waals surface area contributed by atoms with Crippen molar-refractivity contribution in [3.8, 4) is 0 Å². The molecule has 2 fully saturated rings. The fourth-order valence-electron chi connectivity index (χ4n) is 3.86. The molecule has 1 aromatic carbocycles. The summed E-state index contributed by atoms with van der Waals surface area (Å²) in [6.45, 7) is 3.51. The van der Waals surface area contributed by atoms with Gasteiger partial charge in [0.15, 0.2) is 5.82 Å². The molecule has 25 heavy (non-hydrogen) atoms. The molecule has 0 amide bonds. The molecule has 2 aliphatic rings. The van der Waals surface area contributed by atoms with Gasteiger partial charge in [0, 0.05) is 6.61 Å². The van der Waals surface area contributed by atoms with Crippen LogP contribution in [0.15, 0.2) is 24.3 Å². The Hall–Kier alpha value is -1.86. The van der Waals surface area contributed by atoms with Gasteiger partial charge in [-0.2, -0.15) is 0 Å². The van der Waals surface area contributed by atoms with Gasteiger partial charge >= 0.3 is 0 Å². The lowest BCUT2D eigenvalue weighted by Crippen LogP contribution is -2.36. The van der Waals surface area contributed by atoms with Crippen LogP contribution in [0.4, 0.5) is 4.39 Å². The van der Waals surface area contributed by atoms with Crippen molar-refractivity contribution in [2.75, 3.05) is 19.7 Å². The third kappa shape index (κ3) is 3.72. The standard InChI is InChI=1S/C18H24FN5O/c19-15-8-6-14(7-9-15)17(23-10-2-1-3-11-23)18-20-21-22-24(18)13-16-5-4-12-25-16/h6-9,16-17H,1-5,10-13H2. The van der Waals surface area contributed by atoms with Gasteiger partial charge in [0.25, 0.3) is 0 Å². The van der Waals surface area contributed by atoms with E-state index in [0.29, 0.717) is 6.54 Å². The van der Waals surface area contributed by atoms with Crippen molar-refractivity contribution >= 4 is 0 Å². The first-order valence-electron chi connectivity index (χ1n) is 9.18. The van der Waals surface area contributed by atoms with Crippen molar-refractivity contribution in [1.29, 1.82) is 0 Å². The van der Waals surface area contributed by atoms with Gasteiger partial charge in [-0.15, -0.1) is 5.10 Å². The third-order valence-electron chi connectivity index (χ3n) is 5.15. The Morgan fingerprint density at radius 3 is 2.64 bits per heavy atom. The average Bonchev–Trinajstić information content (AvgIpc) is 3.31. The van der Waals surface area contributed by atoms with E-state index in [1.165, 1.54) is 31.4 Å². The molecule has 0 bridgehead atoms. The molecule has 2 aliphatic heterocycles. The maximum absolute atomic E-state index is 13.4. The Morgan fingerprint density at radius 1 is 1.12 bits per heavy atom. The molecule has 2 saturated heterocycles. The van der Waals surface area contributed by atoms with Crippen LogP contribution in [-0.4, -0.2) is 50.9 Å². The highest BCUT2D eigenvalue weighted by Gasteiger charge is 2.30. The number of benzene rings is 1. The Labute approximate surface area is 147 Å². The highest BCUT2D eigenvalue weighted by molar-refractivity contribution is 5.25. The first-order valence-corrected chi connectivity index (χ1v) is 9.18. The molecule has 2 aromatic rings. The largest absolute Gasteiger partial charge is 0.376 e. The molecule has 3 heterocycles. The van der Waals surface area contributed by atoms with Crippen molar-refractivity contribution in [2.45, 2.75) is 50.8 Å². The fraction of sp³-hybridized carbons (Fsp3) is 0.611. The quantitative estimate of drug-likeness (QED) is 0.834. The molecule has 2 unspecified atom stereocenters. The van der Waals surface area contributed by atoms with E-state index < -0.39 is 0 Å². The summed E-state index contributed by atoms with van der Waals surface area (Å²) in [7, 11) is 0. The summed E-state index contributed by atoms with van der Waals surface area (Å²) in [6.07, 6.45) is 5.92. The van der Waals surface area contributed by atoms with Crippen molar-refractivity contribution in [3.63, 3.8) is 0 Å². The number of likely N-dealkylation sites (tertiary alicyclic amines) is 1. The zero-order valence-corrected chi connectivity index (χ0v) is 14.4. The molecule has 7 heteroatoms. The van der Waals surface area contributed by atoms with E-state index in [1.807, 2.05) is 16.8 Å². The van der Waals surface area contributed by atoms with Crippen LogP contribution in [0.25, 0.3) is 0 Å². The van der Waals surface area contributed by atoms with Crippen molar-refractivity contribution < 1.29 is 9.13 Å². The maximum Gasteiger partial charge on any atom is 0.173 e. The molecule has 4 rings (SSSR count). The smallest absolute Gasteiger partial charge is 0.173 e. The Bertz CT molecular complexity index is 677. The molecule has 0 spiro atoms. The second-order valence-corrected chi connectivity index (χ2v) is 6.90. The lowest BCUT2D eigenvalue weighted by molar-refractivity contribution is 0.0902. The van der Waals surface area contributed by atoms with Crippen LogP contribution in [0.1, 0.15) is 49.5 Å². The van der Waals surface area contributed by atoms with Gasteiger partial charge in [-0.1, -0.05) is 18.6 Å². The minimum Gasteiger partial charge on any atom is -0.376 e. The highest BCUT2D eigenvalue weighted by atomic mass is 19.1. The van der Waals surface area contributed by atoms with E-state index in [4.69, 9.17) is 4.74 Å². The summed E-state index contributed by atoms with van der Waals surface area (Å²) in [4.78, 5) is 2.41. The molecule has 6 nitrogen and oxygen atoms in total. The molecule has 0 saturated carbocycles. The minimum absolute atomic E-state index is 0.0442.